The van der Waals surface area contributed by atoms with E-state index in [1.165, 1.54) is 24.0 Å². The molecule has 2 atom stereocenters. The van der Waals surface area contributed by atoms with Crippen LogP contribution in [0.2, 0.25) is 0 Å². The van der Waals surface area contributed by atoms with Crippen molar-refractivity contribution in [3.8, 4) is 0 Å². The van der Waals surface area contributed by atoms with E-state index in [1.807, 2.05) is 13.0 Å². The van der Waals surface area contributed by atoms with E-state index >= 15 is 0 Å². The summed E-state index contributed by atoms with van der Waals surface area (Å²) in [6, 6.07) is 8.66. The lowest BCUT2D eigenvalue weighted by molar-refractivity contribution is 0.386. The van der Waals surface area contributed by atoms with E-state index in [-0.39, 0.29) is 0 Å². The molecule has 1 heteroatoms. The summed E-state index contributed by atoms with van der Waals surface area (Å²) >= 11 is 0. The van der Waals surface area contributed by atoms with Crippen molar-refractivity contribution in [2.24, 2.45) is 5.92 Å². The first kappa shape index (κ1) is 16.0. The Hall–Kier alpha value is -1.89. The van der Waals surface area contributed by atoms with Gasteiger partial charge < -0.3 is 0 Å². The fraction of sp³-hybridized carbons (Fsp3) is 0.364. The number of rotatable bonds is 4. The molecule has 0 spiro atoms. The Morgan fingerprint density at radius 3 is 2.57 bits per heavy atom. The van der Waals surface area contributed by atoms with Crippen molar-refractivity contribution in [2.75, 3.05) is 0 Å². The van der Waals surface area contributed by atoms with Crippen LogP contribution in [0.3, 0.4) is 0 Å². The summed E-state index contributed by atoms with van der Waals surface area (Å²) in [4.78, 5) is 0. The van der Waals surface area contributed by atoms with Crippen LogP contribution in [-0.2, 0) is 6.42 Å². The van der Waals surface area contributed by atoms with E-state index in [0.29, 0.717) is 12.3 Å². The van der Waals surface area contributed by atoms with Gasteiger partial charge >= 0.3 is 0 Å². The minimum atomic E-state index is -0.834. The first-order chi connectivity index (χ1) is 11.1. The molecule has 23 heavy (non-hydrogen) atoms. The van der Waals surface area contributed by atoms with Gasteiger partial charge in [-0.25, -0.2) is 4.39 Å². The van der Waals surface area contributed by atoms with Crippen LogP contribution < -0.4 is 0 Å². The Morgan fingerprint density at radius 2 is 1.91 bits per heavy atom. The molecular formula is C22H25F. The monoisotopic (exact) mass is 308 g/mol. The molecule has 0 N–H and O–H groups in total. The van der Waals surface area contributed by atoms with Gasteiger partial charge in [-0.2, -0.15) is 0 Å². The average Bonchev–Trinajstić information content (AvgIpc) is 2.59. The summed E-state index contributed by atoms with van der Waals surface area (Å²) in [6.07, 6.45) is 13.9. The largest absolute Gasteiger partial charge is 0.242 e. The van der Waals surface area contributed by atoms with E-state index in [4.69, 9.17) is 0 Å². The van der Waals surface area contributed by atoms with Crippen molar-refractivity contribution in [3.63, 3.8) is 0 Å². The van der Waals surface area contributed by atoms with E-state index in [9.17, 15) is 4.39 Å². The van der Waals surface area contributed by atoms with Crippen molar-refractivity contribution in [3.05, 3.63) is 76.9 Å². The number of alkyl halides is 1. The molecular weight excluding hydrogens is 283 g/mol. The number of benzene rings is 1. The van der Waals surface area contributed by atoms with E-state index in [0.717, 1.165) is 23.1 Å². The third-order valence-corrected chi connectivity index (χ3v) is 4.90. The van der Waals surface area contributed by atoms with Crippen LogP contribution >= 0.6 is 0 Å². The highest BCUT2D eigenvalue weighted by molar-refractivity contribution is 5.69. The topological polar surface area (TPSA) is 0 Å². The van der Waals surface area contributed by atoms with Crippen molar-refractivity contribution >= 4 is 5.57 Å². The van der Waals surface area contributed by atoms with E-state index in [1.54, 1.807) is 0 Å². The van der Waals surface area contributed by atoms with Gasteiger partial charge in [0.2, 0.25) is 0 Å². The lowest BCUT2D eigenvalue weighted by Gasteiger charge is -2.18. The second-order valence-electron chi connectivity index (χ2n) is 6.76. The van der Waals surface area contributed by atoms with Gasteiger partial charge in [0.25, 0.3) is 0 Å². The molecule has 2 aliphatic rings. The molecule has 0 saturated heterocycles. The fourth-order valence-corrected chi connectivity index (χ4v) is 3.30. The van der Waals surface area contributed by atoms with Crippen molar-refractivity contribution in [1.29, 1.82) is 0 Å². The summed E-state index contributed by atoms with van der Waals surface area (Å²) < 4.78 is 13.8. The molecule has 0 unspecified atom stereocenters. The molecule has 0 aliphatic heterocycles. The minimum Gasteiger partial charge on any atom is -0.242 e. The van der Waals surface area contributed by atoms with Crippen LogP contribution in [-0.4, -0.2) is 6.17 Å². The third-order valence-electron chi connectivity index (χ3n) is 4.90. The normalized spacial score (nSPS) is 22.2. The predicted molar refractivity (Wildman–Crippen MR) is 97.0 cm³/mol. The average molecular weight is 308 g/mol. The fourth-order valence-electron chi connectivity index (χ4n) is 3.30. The molecule has 0 nitrogen and oxygen atoms in total. The summed E-state index contributed by atoms with van der Waals surface area (Å²) in [5.74, 6) is 0.548. The molecule has 0 heterocycles. The van der Waals surface area contributed by atoms with Gasteiger partial charge in [-0.05, 0) is 60.0 Å². The maximum atomic E-state index is 13.8. The van der Waals surface area contributed by atoms with Crippen molar-refractivity contribution in [1.82, 2.24) is 0 Å². The maximum absolute atomic E-state index is 13.8. The molecule has 120 valence electrons. The second-order valence-corrected chi connectivity index (χ2v) is 6.76. The third kappa shape index (κ3) is 3.90. The Labute approximate surface area is 139 Å². The quantitative estimate of drug-likeness (QED) is 0.620. The molecule has 3 rings (SSSR count). The molecule has 0 bridgehead atoms. The second kappa shape index (κ2) is 7.12. The van der Waals surface area contributed by atoms with Gasteiger partial charge in [0.1, 0.15) is 6.17 Å². The highest BCUT2D eigenvalue weighted by atomic mass is 19.1. The summed E-state index contributed by atoms with van der Waals surface area (Å²) in [7, 11) is 0. The SMILES string of the molecule is CC1=CC=C(c2ccc(C[C@H](C)C3=CCCC=C3)cc2)C[C@H]1F. The highest BCUT2D eigenvalue weighted by Crippen LogP contribution is 2.29. The Bertz CT molecular complexity index is 670. The smallest absolute Gasteiger partial charge is 0.125 e. The Morgan fingerprint density at radius 1 is 1.13 bits per heavy atom. The zero-order valence-electron chi connectivity index (χ0n) is 14.1. The summed E-state index contributed by atoms with van der Waals surface area (Å²) in [5.41, 5.74) is 5.87. The summed E-state index contributed by atoms with van der Waals surface area (Å²) in [6.45, 7) is 4.15. The van der Waals surface area contributed by atoms with Gasteiger partial charge in [0.15, 0.2) is 0 Å². The maximum Gasteiger partial charge on any atom is 0.125 e. The predicted octanol–water partition coefficient (Wildman–Crippen LogP) is 6.21. The van der Waals surface area contributed by atoms with Crippen LogP contribution in [0.4, 0.5) is 4.39 Å². The van der Waals surface area contributed by atoms with Crippen LogP contribution in [0.15, 0.2) is 65.8 Å². The number of hydrogen-bond acceptors (Lipinski definition) is 0. The number of halogens is 1. The van der Waals surface area contributed by atoms with Gasteiger partial charge in [-0.1, -0.05) is 61.6 Å². The van der Waals surface area contributed by atoms with Crippen molar-refractivity contribution < 1.29 is 4.39 Å². The van der Waals surface area contributed by atoms with E-state index in [2.05, 4.69) is 55.5 Å². The van der Waals surface area contributed by atoms with Gasteiger partial charge in [0.05, 0.1) is 0 Å². The van der Waals surface area contributed by atoms with Crippen LogP contribution in [0.1, 0.15) is 44.2 Å². The van der Waals surface area contributed by atoms with Gasteiger partial charge in [-0.3, -0.25) is 0 Å². The molecule has 0 saturated carbocycles. The highest BCUT2D eigenvalue weighted by Gasteiger charge is 2.16. The lowest BCUT2D eigenvalue weighted by Crippen LogP contribution is -2.07. The van der Waals surface area contributed by atoms with Gasteiger partial charge in [0, 0.05) is 6.42 Å². The zero-order valence-corrected chi connectivity index (χ0v) is 14.1. The lowest BCUT2D eigenvalue weighted by atomic mass is 9.88. The number of hydrogen-bond donors (Lipinski definition) is 0. The summed E-state index contributed by atoms with van der Waals surface area (Å²) in [5, 5.41) is 0. The molecule has 2 aliphatic carbocycles. The molecule has 0 amide bonds. The van der Waals surface area contributed by atoms with Crippen molar-refractivity contribution in [2.45, 2.75) is 45.7 Å². The zero-order chi connectivity index (χ0) is 16.2. The molecule has 1 aromatic rings. The molecule has 0 radical (unpaired) electrons. The van der Waals surface area contributed by atoms with Crippen LogP contribution in [0, 0.1) is 5.92 Å². The standard InChI is InChI=1S/C22H25F/c1-16-8-11-21(15-22(16)23)20-12-9-18(10-13-20)14-17(2)19-6-4-3-5-7-19/h4,6-13,17,22H,3,5,14-15H2,1-2H3/t17-,22+/m0/s1. The minimum absolute atomic E-state index is 0.496. The Balaban J connectivity index is 1.68. The van der Waals surface area contributed by atoms with E-state index < -0.39 is 6.17 Å². The van der Waals surface area contributed by atoms with Crippen LogP contribution in [0.25, 0.3) is 5.57 Å². The molecule has 1 aromatic carbocycles. The molecule has 0 aromatic heterocycles. The van der Waals surface area contributed by atoms with Crippen LogP contribution in [0.5, 0.6) is 0 Å². The number of allylic oxidation sites excluding steroid dienone is 8. The van der Waals surface area contributed by atoms with Gasteiger partial charge in [-0.15, -0.1) is 0 Å². The first-order valence-corrected chi connectivity index (χ1v) is 8.61. The molecule has 0 fully saturated rings. The first-order valence-electron chi connectivity index (χ1n) is 8.61. The Kier molecular flexibility index (Phi) is 4.95.